The highest BCUT2D eigenvalue weighted by Gasteiger charge is 2.32. The van der Waals surface area contributed by atoms with E-state index in [1.807, 2.05) is 0 Å². The molecule has 0 saturated heterocycles. The second-order valence-corrected chi connectivity index (χ2v) is 29.2. The van der Waals surface area contributed by atoms with E-state index < -0.39 is 56.6 Å². The van der Waals surface area contributed by atoms with Gasteiger partial charge >= 0.3 is 29.7 Å². The van der Waals surface area contributed by atoms with Crippen LogP contribution in [0.5, 0.6) is 17.5 Å². The molecule has 0 aliphatic rings. The molecule has 0 aliphatic heterocycles. The number of nitrogens with zero attached hydrogens (tertiary/aromatic N) is 8. The number of aryl methyl sites for hydroxylation is 2. The van der Waals surface area contributed by atoms with Gasteiger partial charge in [0.2, 0.25) is 0 Å². The number of benzene rings is 2. The average Bonchev–Trinajstić information content (AvgIpc) is 3.73. The lowest BCUT2D eigenvalue weighted by Gasteiger charge is -2.16. The summed E-state index contributed by atoms with van der Waals surface area (Å²) in [5, 5.41) is 8.68. The third kappa shape index (κ3) is 13.4. The van der Waals surface area contributed by atoms with Crippen molar-refractivity contribution in [3.63, 3.8) is 0 Å². The molecule has 0 aliphatic carbocycles. The summed E-state index contributed by atoms with van der Waals surface area (Å²) in [5.74, 6) is -0.486. The van der Waals surface area contributed by atoms with Gasteiger partial charge in [-0.2, -0.15) is 31.3 Å². The first-order valence-electron chi connectivity index (χ1n) is 19.8. The molecule has 6 aromatic rings. The standard InChI is InChI=1S/C20H25F3N4O4Si.C13H21BrN4O3Si.C7H5F3O/c1-25-16-15(17(28)26(2)19(25)29)27(12-30-9-10-32(3,4)5)18(24-16)31-14-8-6-7-13(11-14)20(21,22)23;1-16-10-9(11(19)17(2)13(16)20)18(12(14)15-10)8-21-6-7-22(3,4)5;8-7(9,10)5-2-1-3-6(11)4-5/h6-8,11H,9-10,12H2,1-5H3;6-8H2,1-5H3;1-4,11H. The number of imidazole rings is 2. The maximum absolute atomic E-state index is 13.1. The van der Waals surface area contributed by atoms with E-state index in [1.54, 1.807) is 11.6 Å². The van der Waals surface area contributed by atoms with Gasteiger partial charge in [-0.25, -0.2) is 14.6 Å². The molecule has 65 heavy (non-hydrogen) atoms. The molecular weight excluding hydrogens is 971 g/mol. The number of fused-ring (bicyclic) bond motifs is 2. The van der Waals surface area contributed by atoms with Crippen molar-refractivity contribution in [1.29, 1.82) is 0 Å². The molecular formula is C40H51BrF6N8O8Si2. The van der Waals surface area contributed by atoms with E-state index in [0.29, 0.717) is 35.2 Å². The summed E-state index contributed by atoms with van der Waals surface area (Å²) >= 11 is 3.34. The molecule has 0 saturated carbocycles. The Labute approximate surface area is 378 Å². The zero-order valence-corrected chi connectivity index (χ0v) is 41.0. The summed E-state index contributed by atoms with van der Waals surface area (Å²) in [7, 11) is 3.31. The van der Waals surface area contributed by atoms with Crippen LogP contribution >= 0.6 is 15.9 Å². The number of hydrogen-bond acceptors (Lipinski definition) is 10. The molecule has 0 spiro atoms. The van der Waals surface area contributed by atoms with Crippen LogP contribution < -0.4 is 27.2 Å². The Kier molecular flexibility index (Phi) is 16.5. The van der Waals surface area contributed by atoms with Gasteiger partial charge in [-0.3, -0.25) is 37.0 Å². The van der Waals surface area contributed by atoms with Gasteiger partial charge in [0.1, 0.15) is 25.0 Å². The SMILES string of the molecule is Cn1c(=O)c2c(nc(Br)n2COCC[Si](C)(C)C)n(C)c1=O.Cn1c(=O)c2c(nc(Oc3cccc(C(F)(F)F)c3)n2COCC[Si](C)(C)C)n(C)c1=O.Oc1cccc(C(F)(F)F)c1. The predicted molar refractivity (Wildman–Crippen MR) is 241 cm³/mol. The second-order valence-electron chi connectivity index (χ2n) is 17.3. The molecule has 6 rings (SSSR count). The maximum Gasteiger partial charge on any atom is 0.416 e. The van der Waals surface area contributed by atoms with Crippen LogP contribution in [0.4, 0.5) is 26.3 Å². The molecule has 0 amide bonds. The molecule has 2 aromatic carbocycles. The summed E-state index contributed by atoms with van der Waals surface area (Å²) in [6, 6.07) is 10.0. The van der Waals surface area contributed by atoms with E-state index in [9.17, 15) is 45.5 Å². The van der Waals surface area contributed by atoms with Gasteiger partial charge < -0.3 is 19.3 Å². The number of hydrogen-bond donors (Lipinski definition) is 1. The number of aromatic nitrogens is 8. The van der Waals surface area contributed by atoms with Crippen molar-refractivity contribution in [2.45, 2.75) is 77.2 Å². The van der Waals surface area contributed by atoms with Crippen molar-refractivity contribution in [2.24, 2.45) is 28.2 Å². The molecule has 0 radical (unpaired) electrons. The van der Waals surface area contributed by atoms with Crippen LogP contribution in [0.25, 0.3) is 22.3 Å². The summed E-state index contributed by atoms with van der Waals surface area (Å²) in [6.07, 6.45) is -8.92. The van der Waals surface area contributed by atoms with Crippen LogP contribution in [0.1, 0.15) is 11.1 Å². The van der Waals surface area contributed by atoms with E-state index >= 15 is 0 Å². The number of ether oxygens (including phenoxy) is 3. The first-order chi connectivity index (χ1) is 29.9. The highest BCUT2D eigenvalue weighted by Crippen LogP contribution is 2.33. The largest absolute Gasteiger partial charge is 0.508 e. The van der Waals surface area contributed by atoms with Crippen LogP contribution in [-0.4, -0.2) is 71.8 Å². The molecule has 25 heteroatoms. The van der Waals surface area contributed by atoms with Crippen molar-refractivity contribution >= 4 is 54.4 Å². The average molecular weight is 1020 g/mol. The number of halogens is 7. The summed E-state index contributed by atoms with van der Waals surface area (Å²) in [5.41, 5.74) is -2.85. The second kappa shape index (κ2) is 20.5. The monoisotopic (exact) mass is 1020 g/mol. The fourth-order valence-corrected chi connectivity index (χ4v) is 7.71. The number of alkyl halides is 6. The Morgan fingerprint density at radius 1 is 0.631 bits per heavy atom. The van der Waals surface area contributed by atoms with Crippen molar-refractivity contribution in [3.8, 4) is 17.5 Å². The van der Waals surface area contributed by atoms with Gasteiger partial charge in [0.25, 0.3) is 11.1 Å². The lowest BCUT2D eigenvalue weighted by molar-refractivity contribution is -0.138. The molecule has 0 fully saturated rings. The van der Waals surface area contributed by atoms with E-state index in [4.69, 9.17) is 19.3 Å². The predicted octanol–water partition coefficient (Wildman–Crippen LogP) is 7.48. The number of aromatic hydroxyl groups is 1. The Balaban J connectivity index is 0.000000241. The van der Waals surface area contributed by atoms with Gasteiger partial charge in [-0.15, -0.1) is 0 Å². The van der Waals surface area contributed by atoms with E-state index in [1.165, 1.54) is 53.0 Å². The first-order valence-corrected chi connectivity index (χ1v) is 28.0. The van der Waals surface area contributed by atoms with Crippen molar-refractivity contribution in [3.05, 3.63) is 106 Å². The third-order valence-electron chi connectivity index (χ3n) is 9.59. The van der Waals surface area contributed by atoms with Gasteiger partial charge in [-0.1, -0.05) is 51.4 Å². The molecule has 16 nitrogen and oxygen atoms in total. The lowest BCUT2D eigenvalue weighted by atomic mass is 10.2. The Morgan fingerprint density at radius 2 is 1.06 bits per heavy atom. The van der Waals surface area contributed by atoms with Crippen molar-refractivity contribution < 1.29 is 45.7 Å². The van der Waals surface area contributed by atoms with Gasteiger partial charge in [0, 0.05) is 57.6 Å². The third-order valence-corrected chi connectivity index (χ3v) is 13.6. The Bertz CT molecular complexity index is 2890. The van der Waals surface area contributed by atoms with Crippen LogP contribution in [0, 0.1) is 0 Å². The van der Waals surface area contributed by atoms with Crippen LogP contribution in [0.3, 0.4) is 0 Å². The van der Waals surface area contributed by atoms with Crippen molar-refractivity contribution in [1.82, 2.24) is 37.4 Å². The summed E-state index contributed by atoms with van der Waals surface area (Å²) < 4.78 is 99.9. The van der Waals surface area contributed by atoms with Gasteiger partial charge in [-0.05, 0) is 64.4 Å². The van der Waals surface area contributed by atoms with Crippen molar-refractivity contribution in [2.75, 3.05) is 13.2 Å². The Morgan fingerprint density at radius 3 is 1.51 bits per heavy atom. The minimum absolute atomic E-state index is 0.0499. The molecule has 0 bridgehead atoms. The van der Waals surface area contributed by atoms with Crippen LogP contribution in [0.2, 0.25) is 51.4 Å². The molecule has 4 aromatic heterocycles. The quantitative estimate of drug-likeness (QED) is 0.0561. The maximum atomic E-state index is 13.1. The van der Waals surface area contributed by atoms with E-state index in [2.05, 4.69) is 65.2 Å². The summed E-state index contributed by atoms with van der Waals surface area (Å²) in [4.78, 5) is 57.9. The van der Waals surface area contributed by atoms with Gasteiger partial charge in [0.05, 0.1) is 11.1 Å². The molecule has 4 heterocycles. The number of phenols is 1. The zero-order chi connectivity index (χ0) is 49.0. The fraction of sp³-hybridized carbons (Fsp3) is 0.450. The molecule has 356 valence electrons. The number of phenolic OH excluding ortho intramolecular Hbond substituents is 1. The minimum Gasteiger partial charge on any atom is -0.508 e. The smallest absolute Gasteiger partial charge is 0.416 e. The minimum atomic E-state index is -4.54. The highest BCUT2D eigenvalue weighted by atomic mass is 79.9. The van der Waals surface area contributed by atoms with Crippen LogP contribution in [0.15, 0.2) is 72.4 Å². The summed E-state index contributed by atoms with van der Waals surface area (Å²) in [6.45, 7) is 14.6. The highest BCUT2D eigenvalue weighted by molar-refractivity contribution is 9.10. The van der Waals surface area contributed by atoms with Gasteiger partial charge in [0.15, 0.2) is 27.1 Å². The Hall–Kier alpha value is -5.25. The normalized spacial score (nSPS) is 12.3. The number of rotatable bonds is 12. The fourth-order valence-electron chi connectivity index (χ4n) is 5.75. The first kappa shape index (κ1) is 52.4. The van der Waals surface area contributed by atoms with E-state index in [-0.39, 0.29) is 47.7 Å². The zero-order valence-electron chi connectivity index (χ0n) is 37.4. The lowest BCUT2D eigenvalue weighted by Crippen LogP contribution is -2.37. The molecule has 0 unspecified atom stereocenters. The topological polar surface area (TPSA) is 172 Å². The molecule has 0 atom stereocenters. The molecule has 1 N–H and O–H groups in total. The van der Waals surface area contributed by atoms with E-state index in [0.717, 1.165) is 45.5 Å². The van der Waals surface area contributed by atoms with Crippen LogP contribution in [-0.2, 0) is 63.5 Å².